The minimum atomic E-state index is 0.0603. The average Bonchev–Trinajstić information content (AvgIpc) is 2.49. The topological polar surface area (TPSA) is 29.5 Å². The highest BCUT2D eigenvalue weighted by Gasteiger charge is 2.05. The molecule has 0 atom stereocenters. The molecule has 110 valence electrons. The zero-order chi connectivity index (χ0) is 15.2. The highest BCUT2D eigenvalue weighted by molar-refractivity contribution is 5.94. The fourth-order valence-electron chi connectivity index (χ4n) is 2.23. The highest BCUT2D eigenvalue weighted by atomic mass is 16.5. The summed E-state index contributed by atoms with van der Waals surface area (Å²) in [7, 11) is 0. The third kappa shape index (κ3) is 3.85. The fraction of sp³-hybridized carbons (Fsp3) is 0.278. The van der Waals surface area contributed by atoms with Crippen LogP contribution in [0.3, 0.4) is 0 Å². The van der Waals surface area contributed by atoms with E-state index in [1.807, 2.05) is 30.3 Å². The Morgan fingerprint density at radius 1 is 1.00 bits per heavy atom. The van der Waals surface area contributed by atoms with Gasteiger partial charge in [0.15, 0.2) is 5.78 Å². The third-order valence-corrected chi connectivity index (χ3v) is 3.44. The Balaban J connectivity index is 2.15. The first-order valence-electron chi connectivity index (χ1n) is 7.28. The predicted molar refractivity (Wildman–Crippen MR) is 86.5 cm³/mol. The quantitative estimate of drug-likeness (QED) is 0.730. The van der Waals surface area contributed by atoms with E-state index in [1.165, 1.54) is 0 Å². The Bertz CT molecular complexity index is 601. The molecule has 0 spiro atoms. The maximum atomic E-state index is 11.3. The first-order chi connectivity index (χ1) is 10.1. The number of carbonyl (C=O) groups is 1. The number of ketones is 1. The summed E-state index contributed by atoms with van der Waals surface area (Å²) >= 11 is 0. The number of anilines is 1. The first kappa shape index (κ1) is 15.1. The molecule has 2 aromatic rings. The lowest BCUT2D eigenvalue weighted by molar-refractivity contribution is 0.101. The molecule has 0 aliphatic carbocycles. The van der Waals surface area contributed by atoms with Crippen molar-refractivity contribution in [1.29, 1.82) is 0 Å². The van der Waals surface area contributed by atoms with Gasteiger partial charge >= 0.3 is 0 Å². The molecule has 2 aromatic carbocycles. The molecular formula is C18H21NO2. The Morgan fingerprint density at radius 3 is 2.24 bits per heavy atom. The van der Waals surface area contributed by atoms with Crippen LogP contribution in [-0.4, -0.2) is 18.9 Å². The number of carbonyl (C=O) groups excluding carboxylic acids is 1. The summed E-state index contributed by atoms with van der Waals surface area (Å²) < 4.78 is 5.85. The zero-order valence-electron chi connectivity index (χ0n) is 12.8. The van der Waals surface area contributed by atoms with E-state index < -0.39 is 0 Å². The van der Waals surface area contributed by atoms with Crippen molar-refractivity contribution in [2.75, 3.05) is 18.0 Å². The number of hydrogen-bond acceptors (Lipinski definition) is 3. The third-order valence-electron chi connectivity index (χ3n) is 3.44. The molecule has 2 rings (SSSR count). The normalized spacial score (nSPS) is 10.2. The van der Waals surface area contributed by atoms with Gasteiger partial charge in [0.1, 0.15) is 11.5 Å². The molecule has 0 unspecified atom stereocenters. The van der Waals surface area contributed by atoms with Gasteiger partial charge in [0.25, 0.3) is 0 Å². The van der Waals surface area contributed by atoms with Gasteiger partial charge in [-0.2, -0.15) is 0 Å². The lowest BCUT2D eigenvalue weighted by Gasteiger charge is -2.21. The van der Waals surface area contributed by atoms with Crippen molar-refractivity contribution in [2.24, 2.45) is 0 Å². The molecule has 0 N–H and O–H groups in total. The van der Waals surface area contributed by atoms with Gasteiger partial charge in [-0.1, -0.05) is 6.07 Å². The summed E-state index contributed by atoms with van der Waals surface area (Å²) in [5.74, 6) is 1.59. The van der Waals surface area contributed by atoms with Crippen LogP contribution < -0.4 is 9.64 Å². The maximum Gasteiger partial charge on any atom is 0.159 e. The van der Waals surface area contributed by atoms with E-state index in [9.17, 15) is 4.79 Å². The second kappa shape index (κ2) is 6.93. The number of rotatable bonds is 6. The van der Waals surface area contributed by atoms with Gasteiger partial charge in [-0.05, 0) is 57.2 Å². The van der Waals surface area contributed by atoms with Crippen LogP contribution in [0.1, 0.15) is 31.1 Å². The molecule has 0 saturated heterocycles. The summed E-state index contributed by atoms with van der Waals surface area (Å²) in [4.78, 5) is 13.5. The van der Waals surface area contributed by atoms with Crippen LogP contribution in [0.25, 0.3) is 0 Å². The van der Waals surface area contributed by atoms with E-state index >= 15 is 0 Å². The number of hydrogen-bond donors (Lipinski definition) is 0. The molecule has 3 heteroatoms. The van der Waals surface area contributed by atoms with Gasteiger partial charge < -0.3 is 9.64 Å². The SMILES string of the molecule is CCN(CC)c1cccc(Oc2ccc(C(C)=O)cc2)c1. The van der Waals surface area contributed by atoms with E-state index in [4.69, 9.17) is 4.74 Å². The maximum absolute atomic E-state index is 11.3. The molecule has 21 heavy (non-hydrogen) atoms. The van der Waals surface area contributed by atoms with E-state index in [1.54, 1.807) is 19.1 Å². The largest absolute Gasteiger partial charge is 0.457 e. The van der Waals surface area contributed by atoms with Gasteiger partial charge in [-0.3, -0.25) is 4.79 Å². The highest BCUT2D eigenvalue weighted by Crippen LogP contribution is 2.26. The second-order valence-corrected chi connectivity index (χ2v) is 4.85. The van der Waals surface area contributed by atoms with Crippen LogP contribution in [0, 0.1) is 0 Å². The zero-order valence-corrected chi connectivity index (χ0v) is 12.8. The molecule has 0 aliphatic heterocycles. The Hall–Kier alpha value is -2.29. The summed E-state index contributed by atoms with van der Waals surface area (Å²) in [5, 5.41) is 0. The molecular weight excluding hydrogens is 262 g/mol. The van der Waals surface area contributed by atoms with Gasteiger partial charge in [0, 0.05) is 30.4 Å². The van der Waals surface area contributed by atoms with Gasteiger partial charge in [-0.15, -0.1) is 0 Å². The van der Waals surface area contributed by atoms with Crippen molar-refractivity contribution in [3.63, 3.8) is 0 Å². The van der Waals surface area contributed by atoms with Crippen LogP contribution in [0.5, 0.6) is 11.5 Å². The monoisotopic (exact) mass is 283 g/mol. The lowest BCUT2D eigenvalue weighted by atomic mass is 10.1. The molecule has 0 saturated carbocycles. The second-order valence-electron chi connectivity index (χ2n) is 4.85. The van der Waals surface area contributed by atoms with Gasteiger partial charge in [0.2, 0.25) is 0 Å². The van der Waals surface area contributed by atoms with Crippen molar-refractivity contribution in [1.82, 2.24) is 0 Å². The van der Waals surface area contributed by atoms with Crippen LogP contribution in [0.4, 0.5) is 5.69 Å². The molecule has 3 nitrogen and oxygen atoms in total. The summed E-state index contributed by atoms with van der Waals surface area (Å²) in [6, 6.07) is 15.3. The summed E-state index contributed by atoms with van der Waals surface area (Å²) in [6.07, 6.45) is 0. The van der Waals surface area contributed by atoms with Crippen LogP contribution in [-0.2, 0) is 0 Å². The molecule has 0 fully saturated rings. The van der Waals surface area contributed by atoms with Crippen molar-refractivity contribution < 1.29 is 9.53 Å². The summed E-state index contributed by atoms with van der Waals surface area (Å²) in [6.45, 7) is 7.76. The lowest BCUT2D eigenvalue weighted by Crippen LogP contribution is -2.21. The molecule has 0 amide bonds. The Morgan fingerprint density at radius 2 is 1.67 bits per heavy atom. The van der Waals surface area contributed by atoms with Crippen molar-refractivity contribution in [2.45, 2.75) is 20.8 Å². The van der Waals surface area contributed by atoms with Gasteiger partial charge in [-0.25, -0.2) is 0 Å². The van der Waals surface area contributed by atoms with Crippen molar-refractivity contribution >= 4 is 11.5 Å². The Labute approximate surface area is 126 Å². The van der Waals surface area contributed by atoms with E-state index in [0.717, 1.165) is 30.3 Å². The molecule has 0 aromatic heterocycles. The van der Waals surface area contributed by atoms with E-state index in [-0.39, 0.29) is 5.78 Å². The molecule has 0 radical (unpaired) electrons. The molecule has 0 aliphatic rings. The van der Waals surface area contributed by atoms with Crippen molar-refractivity contribution in [3.05, 3.63) is 54.1 Å². The minimum Gasteiger partial charge on any atom is -0.457 e. The van der Waals surface area contributed by atoms with Crippen molar-refractivity contribution in [3.8, 4) is 11.5 Å². The van der Waals surface area contributed by atoms with E-state index in [2.05, 4.69) is 24.8 Å². The molecule has 0 heterocycles. The van der Waals surface area contributed by atoms with E-state index in [0.29, 0.717) is 5.56 Å². The van der Waals surface area contributed by atoms with Crippen LogP contribution >= 0.6 is 0 Å². The fourth-order valence-corrected chi connectivity index (χ4v) is 2.23. The average molecular weight is 283 g/mol. The smallest absolute Gasteiger partial charge is 0.159 e. The first-order valence-corrected chi connectivity index (χ1v) is 7.28. The minimum absolute atomic E-state index is 0.0603. The van der Waals surface area contributed by atoms with Crippen LogP contribution in [0.2, 0.25) is 0 Å². The van der Waals surface area contributed by atoms with Gasteiger partial charge in [0.05, 0.1) is 0 Å². The standard InChI is InChI=1S/C18H21NO2/c1-4-19(5-2)16-7-6-8-18(13-16)21-17-11-9-15(10-12-17)14(3)20/h6-13H,4-5H2,1-3H3. The number of Topliss-reactive ketones (excluding diaryl/α,β-unsaturated/α-hetero) is 1. The summed E-state index contributed by atoms with van der Waals surface area (Å²) in [5.41, 5.74) is 1.84. The Kier molecular flexibility index (Phi) is 4.99. The van der Waals surface area contributed by atoms with Crippen LogP contribution in [0.15, 0.2) is 48.5 Å². The molecule has 0 bridgehead atoms. The number of nitrogens with zero attached hydrogens (tertiary/aromatic N) is 1. The predicted octanol–water partition coefficient (Wildman–Crippen LogP) is 4.53. The number of ether oxygens (including phenoxy) is 1. The number of benzene rings is 2.